The number of hydrogen-bond acceptors (Lipinski definition) is 6. The molecule has 2 rings (SSSR count). The summed E-state index contributed by atoms with van der Waals surface area (Å²) in [5.74, 6) is -0.368. The fourth-order valence-electron chi connectivity index (χ4n) is 2.88. The third kappa shape index (κ3) is 8.23. The lowest BCUT2D eigenvalue weighted by atomic mass is 10.1. The zero-order valence-electron chi connectivity index (χ0n) is 18.5. The molecule has 0 fully saturated rings. The topological polar surface area (TPSA) is 78.4 Å². The number of nitrogens with zero attached hydrogens (tertiary/aromatic N) is 1. The third-order valence-corrected chi connectivity index (χ3v) is 4.47. The molecule has 0 aliphatic rings. The lowest BCUT2D eigenvalue weighted by molar-refractivity contribution is -0.274. The molecule has 1 amide bonds. The largest absolute Gasteiger partial charge is 0.573 e. The highest BCUT2D eigenvalue weighted by atomic mass is 35.5. The maximum atomic E-state index is 12.9. The SMILES string of the molecule is COCCOCc1cc(Cl)cc(C(=O)NC(C)=Nc2ccc(OC(F)(F)F)cc2C)c1OC. The second-order valence-electron chi connectivity index (χ2n) is 6.84. The van der Waals surface area contributed by atoms with Gasteiger partial charge >= 0.3 is 6.36 Å². The Kier molecular flexibility index (Phi) is 9.51. The molecule has 0 radical (unpaired) electrons. The Morgan fingerprint density at radius 2 is 1.88 bits per heavy atom. The Morgan fingerprint density at radius 3 is 2.48 bits per heavy atom. The number of rotatable bonds is 9. The number of hydrogen-bond donors (Lipinski definition) is 1. The van der Waals surface area contributed by atoms with E-state index in [0.29, 0.717) is 40.8 Å². The molecule has 2 aromatic carbocycles. The number of methoxy groups -OCH3 is 2. The average molecular weight is 489 g/mol. The molecular formula is C22H24ClF3N2O5. The van der Waals surface area contributed by atoms with E-state index in [1.807, 2.05) is 0 Å². The quantitative estimate of drug-likeness (QED) is 0.298. The van der Waals surface area contributed by atoms with Crippen molar-refractivity contribution in [3.63, 3.8) is 0 Å². The summed E-state index contributed by atoms with van der Waals surface area (Å²) < 4.78 is 56.9. The van der Waals surface area contributed by atoms with Crippen LogP contribution in [0.4, 0.5) is 18.9 Å². The number of benzene rings is 2. The van der Waals surface area contributed by atoms with Crippen LogP contribution in [-0.4, -0.2) is 45.5 Å². The van der Waals surface area contributed by atoms with E-state index < -0.39 is 12.3 Å². The molecule has 0 heterocycles. The molecule has 0 aliphatic heterocycles. The number of alkyl halides is 3. The monoisotopic (exact) mass is 488 g/mol. The van der Waals surface area contributed by atoms with Crippen LogP contribution in [0.2, 0.25) is 5.02 Å². The lowest BCUT2D eigenvalue weighted by Crippen LogP contribution is -2.29. The molecule has 180 valence electrons. The van der Waals surface area contributed by atoms with Crippen LogP contribution in [0, 0.1) is 6.92 Å². The molecule has 0 unspecified atom stereocenters. The number of amides is 1. The number of halogens is 4. The summed E-state index contributed by atoms with van der Waals surface area (Å²) in [7, 11) is 2.98. The average Bonchev–Trinajstić information content (AvgIpc) is 2.71. The molecule has 11 heteroatoms. The summed E-state index contributed by atoms with van der Waals surface area (Å²) in [5, 5.41) is 2.95. The van der Waals surface area contributed by atoms with Gasteiger partial charge in [0.05, 0.1) is 38.2 Å². The second kappa shape index (κ2) is 11.9. The molecule has 0 atom stereocenters. The molecule has 0 aliphatic carbocycles. The van der Waals surface area contributed by atoms with Gasteiger partial charge in [0.2, 0.25) is 0 Å². The lowest BCUT2D eigenvalue weighted by Gasteiger charge is -2.15. The van der Waals surface area contributed by atoms with Crippen LogP contribution in [0.1, 0.15) is 28.4 Å². The van der Waals surface area contributed by atoms with Gasteiger partial charge in [-0.15, -0.1) is 13.2 Å². The number of amidine groups is 1. The van der Waals surface area contributed by atoms with E-state index in [2.05, 4.69) is 15.0 Å². The molecule has 7 nitrogen and oxygen atoms in total. The van der Waals surface area contributed by atoms with E-state index in [1.165, 1.54) is 25.3 Å². The van der Waals surface area contributed by atoms with Gasteiger partial charge in [-0.25, -0.2) is 4.99 Å². The Morgan fingerprint density at radius 1 is 1.15 bits per heavy atom. The fraction of sp³-hybridized carbons (Fsp3) is 0.364. The highest BCUT2D eigenvalue weighted by molar-refractivity contribution is 6.31. The van der Waals surface area contributed by atoms with Crippen LogP contribution in [0.25, 0.3) is 0 Å². The Labute approximate surface area is 194 Å². The summed E-state index contributed by atoms with van der Waals surface area (Å²) in [4.78, 5) is 17.1. The molecule has 0 saturated carbocycles. The van der Waals surface area contributed by atoms with E-state index in [9.17, 15) is 18.0 Å². The number of ether oxygens (including phenoxy) is 4. The van der Waals surface area contributed by atoms with Crippen molar-refractivity contribution in [1.82, 2.24) is 5.32 Å². The summed E-state index contributed by atoms with van der Waals surface area (Å²) in [6.45, 7) is 4.04. The first-order valence-electron chi connectivity index (χ1n) is 9.70. The van der Waals surface area contributed by atoms with Crippen LogP contribution >= 0.6 is 11.6 Å². The van der Waals surface area contributed by atoms with E-state index in [-0.39, 0.29) is 23.8 Å². The smallest absolute Gasteiger partial charge is 0.496 e. The first-order chi connectivity index (χ1) is 15.5. The maximum Gasteiger partial charge on any atom is 0.573 e. The van der Waals surface area contributed by atoms with Gasteiger partial charge in [-0.2, -0.15) is 0 Å². The number of aliphatic imine (C=N–C) groups is 1. The van der Waals surface area contributed by atoms with Gasteiger partial charge in [0.1, 0.15) is 17.3 Å². The van der Waals surface area contributed by atoms with E-state index >= 15 is 0 Å². The van der Waals surface area contributed by atoms with Gasteiger partial charge in [-0.05, 0) is 49.7 Å². The zero-order valence-corrected chi connectivity index (χ0v) is 19.3. The number of nitrogens with one attached hydrogen (secondary N) is 1. The van der Waals surface area contributed by atoms with Crippen LogP contribution in [-0.2, 0) is 16.1 Å². The predicted molar refractivity (Wildman–Crippen MR) is 118 cm³/mol. The van der Waals surface area contributed by atoms with Gasteiger partial charge < -0.3 is 24.3 Å². The van der Waals surface area contributed by atoms with Crippen molar-refractivity contribution in [3.8, 4) is 11.5 Å². The number of carbonyl (C=O) groups is 1. The zero-order chi connectivity index (χ0) is 24.6. The van der Waals surface area contributed by atoms with E-state index in [1.54, 1.807) is 27.0 Å². The van der Waals surface area contributed by atoms with Crippen LogP contribution < -0.4 is 14.8 Å². The number of aryl methyl sites for hydroxylation is 1. The third-order valence-electron chi connectivity index (χ3n) is 4.25. The van der Waals surface area contributed by atoms with E-state index in [0.717, 1.165) is 6.07 Å². The molecule has 0 spiro atoms. The second-order valence-corrected chi connectivity index (χ2v) is 7.27. The van der Waals surface area contributed by atoms with Crippen LogP contribution in [0.15, 0.2) is 35.3 Å². The molecule has 0 bridgehead atoms. The molecular weight excluding hydrogens is 465 g/mol. The van der Waals surface area contributed by atoms with Crippen molar-refractivity contribution < 1.29 is 36.9 Å². The normalized spacial score (nSPS) is 11.9. The van der Waals surface area contributed by atoms with E-state index in [4.69, 9.17) is 25.8 Å². The highest BCUT2D eigenvalue weighted by Gasteiger charge is 2.31. The highest BCUT2D eigenvalue weighted by Crippen LogP contribution is 2.30. The molecule has 0 saturated heterocycles. The van der Waals surface area contributed by atoms with Crippen molar-refractivity contribution in [3.05, 3.63) is 52.0 Å². The molecule has 2 aromatic rings. The minimum absolute atomic E-state index is 0.159. The Hall–Kier alpha value is -2.82. The summed E-state index contributed by atoms with van der Waals surface area (Å²) >= 11 is 6.17. The van der Waals surface area contributed by atoms with Gasteiger partial charge in [0, 0.05) is 17.7 Å². The van der Waals surface area contributed by atoms with Gasteiger partial charge in [0.25, 0.3) is 5.91 Å². The van der Waals surface area contributed by atoms with Crippen molar-refractivity contribution in [2.45, 2.75) is 26.8 Å². The van der Waals surface area contributed by atoms with Gasteiger partial charge in [0.15, 0.2) is 0 Å². The fourth-order valence-corrected chi connectivity index (χ4v) is 3.12. The van der Waals surface area contributed by atoms with Gasteiger partial charge in [-0.1, -0.05) is 11.6 Å². The first-order valence-corrected chi connectivity index (χ1v) is 10.1. The first kappa shape index (κ1) is 26.4. The summed E-state index contributed by atoms with van der Waals surface area (Å²) in [6.07, 6.45) is -4.79. The van der Waals surface area contributed by atoms with Crippen molar-refractivity contribution in [1.29, 1.82) is 0 Å². The summed E-state index contributed by atoms with van der Waals surface area (Å²) in [5.41, 5.74) is 1.56. The van der Waals surface area contributed by atoms with Crippen LogP contribution in [0.3, 0.4) is 0 Å². The maximum absolute atomic E-state index is 12.9. The van der Waals surface area contributed by atoms with Crippen LogP contribution in [0.5, 0.6) is 11.5 Å². The van der Waals surface area contributed by atoms with Crippen molar-refractivity contribution >= 4 is 29.0 Å². The number of carbonyl (C=O) groups excluding carboxylic acids is 1. The summed E-state index contributed by atoms with van der Waals surface area (Å²) in [6, 6.07) is 6.80. The standard InChI is InChI=1S/C22H24ClF3N2O5/c1-13-9-17(33-22(24,25)26)5-6-19(13)27-14(2)28-21(29)18-11-16(23)10-15(20(18)31-4)12-32-8-7-30-3/h5-6,9-11H,7-8,12H2,1-4H3,(H,27,28,29). The minimum atomic E-state index is -4.79. The Balaban J connectivity index is 2.20. The van der Waals surface area contributed by atoms with Gasteiger partial charge in [-0.3, -0.25) is 4.79 Å². The molecule has 1 N–H and O–H groups in total. The van der Waals surface area contributed by atoms with Crippen molar-refractivity contribution in [2.24, 2.45) is 4.99 Å². The van der Waals surface area contributed by atoms with Crippen molar-refractivity contribution in [2.75, 3.05) is 27.4 Å². The molecule has 33 heavy (non-hydrogen) atoms. The Bertz CT molecular complexity index is 1010. The minimum Gasteiger partial charge on any atom is -0.496 e. The molecule has 0 aromatic heterocycles. The predicted octanol–water partition coefficient (Wildman–Crippen LogP) is 5.20.